The average Bonchev–Trinajstić information content (AvgIpc) is 2.73. The van der Waals surface area contributed by atoms with Gasteiger partial charge in [0.2, 0.25) is 5.91 Å². The van der Waals surface area contributed by atoms with Crippen molar-refractivity contribution in [1.29, 1.82) is 0 Å². The molecule has 1 amide bonds. The van der Waals surface area contributed by atoms with Crippen LogP contribution >= 0.6 is 11.3 Å². The molecule has 2 unspecified atom stereocenters. The number of hydrogen-bond donors (Lipinski definition) is 1. The van der Waals surface area contributed by atoms with Gasteiger partial charge in [-0.05, 0) is 27.7 Å². The number of nitrogens with zero attached hydrogens (tertiary/aromatic N) is 2. The first-order chi connectivity index (χ1) is 9.21. The topological polar surface area (TPSA) is 79.7 Å². The molecule has 2 rings (SSSR count). The van der Waals surface area contributed by atoms with Crippen molar-refractivity contribution < 1.29 is 19.4 Å². The summed E-state index contributed by atoms with van der Waals surface area (Å²) in [5, 5.41) is 12.0. The second-order valence-corrected chi connectivity index (χ2v) is 6.80. The number of carbonyl (C=O) groups is 2. The number of hydrogen-bond acceptors (Lipinski definition) is 5. The first-order valence-electron chi connectivity index (χ1n) is 6.30. The van der Waals surface area contributed by atoms with E-state index in [9.17, 15) is 14.7 Å². The maximum absolute atomic E-state index is 12.2. The average molecular weight is 298 g/mol. The van der Waals surface area contributed by atoms with Gasteiger partial charge in [0.05, 0.1) is 10.7 Å². The van der Waals surface area contributed by atoms with Crippen molar-refractivity contribution in [2.24, 2.45) is 0 Å². The van der Waals surface area contributed by atoms with Gasteiger partial charge in [-0.15, -0.1) is 11.3 Å². The molecular formula is C13H18N2O4S. The molecule has 0 aromatic carbocycles. The molecule has 7 heteroatoms. The van der Waals surface area contributed by atoms with Gasteiger partial charge in [-0.1, -0.05) is 0 Å². The van der Waals surface area contributed by atoms with Crippen molar-refractivity contribution in [2.45, 2.75) is 45.4 Å². The third-order valence-corrected chi connectivity index (χ3v) is 3.92. The molecule has 0 bridgehead atoms. The fraction of sp³-hybridized carbons (Fsp3) is 0.615. The van der Waals surface area contributed by atoms with E-state index in [1.54, 1.807) is 10.3 Å². The molecule has 1 aliphatic heterocycles. The zero-order valence-electron chi connectivity index (χ0n) is 11.9. The summed E-state index contributed by atoms with van der Waals surface area (Å²) in [5.74, 6) is -1.30. The number of thiazole rings is 1. The summed E-state index contributed by atoms with van der Waals surface area (Å²) < 4.78 is 5.23. The number of morpholine rings is 1. The van der Waals surface area contributed by atoms with Gasteiger partial charge in [-0.2, -0.15) is 0 Å². The van der Waals surface area contributed by atoms with E-state index in [0.717, 1.165) is 5.01 Å². The predicted octanol–water partition coefficient (Wildman–Crippen LogP) is 1.60. The largest absolute Gasteiger partial charge is 0.479 e. The van der Waals surface area contributed by atoms with Gasteiger partial charge in [0, 0.05) is 10.9 Å². The number of carboxylic acid groups (broad SMARTS) is 1. The lowest BCUT2D eigenvalue weighted by atomic mass is 9.96. The highest BCUT2D eigenvalue weighted by Gasteiger charge is 2.47. The minimum Gasteiger partial charge on any atom is -0.479 e. The molecule has 1 N–H and O–H groups in total. The van der Waals surface area contributed by atoms with Crippen molar-refractivity contribution in [1.82, 2.24) is 9.88 Å². The molecule has 0 aliphatic carbocycles. The van der Waals surface area contributed by atoms with Crippen molar-refractivity contribution in [3.05, 3.63) is 16.1 Å². The normalized spacial score (nSPS) is 24.0. The van der Waals surface area contributed by atoms with Gasteiger partial charge in [0.1, 0.15) is 12.6 Å². The standard InChI is InChI=1S/C13H18N2O4S/c1-7-14-8(6-20-7)10-11(12(17)18)19-5-9(16)15(10)13(2,3)4/h6,10-11H,5H2,1-4H3,(H,17,18). The van der Waals surface area contributed by atoms with Crippen LogP contribution < -0.4 is 0 Å². The second kappa shape index (κ2) is 5.14. The highest BCUT2D eigenvalue weighted by Crippen LogP contribution is 2.36. The van der Waals surface area contributed by atoms with Crippen LogP contribution in [0.2, 0.25) is 0 Å². The van der Waals surface area contributed by atoms with Crippen molar-refractivity contribution >= 4 is 23.2 Å². The van der Waals surface area contributed by atoms with Crippen molar-refractivity contribution in [3.8, 4) is 0 Å². The van der Waals surface area contributed by atoms with E-state index in [4.69, 9.17) is 4.74 Å². The van der Waals surface area contributed by atoms with E-state index >= 15 is 0 Å². The summed E-state index contributed by atoms with van der Waals surface area (Å²) in [7, 11) is 0. The summed E-state index contributed by atoms with van der Waals surface area (Å²) in [4.78, 5) is 29.5. The monoisotopic (exact) mass is 298 g/mol. The molecule has 1 aliphatic rings. The lowest BCUT2D eigenvalue weighted by Gasteiger charge is -2.46. The van der Waals surface area contributed by atoms with E-state index in [2.05, 4.69) is 4.98 Å². The Morgan fingerprint density at radius 2 is 2.20 bits per heavy atom. The van der Waals surface area contributed by atoms with Crippen LogP contribution in [0.1, 0.15) is 37.5 Å². The van der Waals surface area contributed by atoms with Gasteiger partial charge < -0.3 is 14.7 Å². The van der Waals surface area contributed by atoms with E-state index in [1.807, 2.05) is 27.7 Å². The van der Waals surface area contributed by atoms with E-state index in [1.165, 1.54) is 11.3 Å². The molecule has 1 fully saturated rings. The molecule has 110 valence electrons. The fourth-order valence-electron chi connectivity index (χ4n) is 2.41. The quantitative estimate of drug-likeness (QED) is 0.897. The van der Waals surface area contributed by atoms with Crippen LogP contribution in [0.3, 0.4) is 0 Å². The third kappa shape index (κ3) is 2.69. The van der Waals surface area contributed by atoms with Crippen LogP contribution in [0.25, 0.3) is 0 Å². The highest BCUT2D eigenvalue weighted by molar-refractivity contribution is 7.09. The minimum absolute atomic E-state index is 0.214. The van der Waals surface area contributed by atoms with E-state index < -0.39 is 23.7 Å². The zero-order valence-corrected chi connectivity index (χ0v) is 12.7. The Balaban J connectivity index is 2.50. The number of carbonyl (C=O) groups excluding carboxylic acids is 1. The lowest BCUT2D eigenvalue weighted by Crippen LogP contribution is -2.58. The van der Waals surface area contributed by atoms with Gasteiger partial charge in [-0.3, -0.25) is 4.79 Å². The fourth-order valence-corrected chi connectivity index (χ4v) is 3.05. The summed E-state index contributed by atoms with van der Waals surface area (Å²) in [5.41, 5.74) is 0.0689. The zero-order chi connectivity index (χ0) is 15.1. The molecule has 6 nitrogen and oxygen atoms in total. The van der Waals surface area contributed by atoms with Crippen LogP contribution in [0.5, 0.6) is 0 Å². The van der Waals surface area contributed by atoms with Crippen LogP contribution in [0.4, 0.5) is 0 Å². The smallest absolute Gasteiger partial charge is 0.335 e. The number of rotatable bonds is 2. The van der Waals surface area contributed by atoms with Crippen LogP contribution in [-0.2, 0) is 14.3 Å². The molecule has 0 saturated carbocycles. The SMILES string of the molecule is Cc1nc(C2C(C(=O)O)OCC(=O)N2C(C)(C)C)cs1. The highest BCUT2D eigenvalue weighted by atomic mass is 32.1. The lowest BCUT2D eigenvalue weighted by molar-refractivity contribution is -0.180. The molecule has 20 heavy (non-hydrogen) atoms. The summed E-state index contributed by atoms with van der Waals surface area (Å²) in [6.07, 6.45) is -1.09. The number of ether oxygens (including phenoxy) is 1. The number of aliphatic carboxylic acids is 1. The van der Waals surface area contributed by atoms with Gasteiger partial charge in [0.25, 0.3) is 0 Å². The summed E-state index contributed by atoms with van der Waals surface area (Å²) in [6.45, 7) is 7.26. The predicted molar refractivity (Wildman–Crippen MR) is 73.6 cm³/mol. The molecule has 1 aromatic rings. The van der Waals surface area contributed by atoms with Gasteiger partial charge >= 0.3 is 5.97 Å². The van der Waals surface area contributed by atoms with E-state index in [0.29, 0.717) is 5.69 Å². The molecule has 1 saturated heterocycles. The number of aryl methyl sites for hydroxylation is 1. The van der Waals surface area contributed by atoms with Crippen molar-refractivity contribution in [2.75, 3.05) is 6.61 Å². The number of amides is 1. The summed E-state index contributed by atoms with van der Waals surface area (Å²) >= 11 is 1.43. The second-order valence-electron chi connectivity index (χ2n) is 5.74. The maximum atomic E-state index is 12.2. The molecule has 2 atom stereocenters. The van der Waals surface area contributed by atoms with Crippen LogP contribution in [-0.4, -0.2) is 45.1 Å². The van der Waals surface area contributed by atoms with E-state index in [-0.39, 0.29) is 12.5 Å². The molecule has 1 aromatic heterocycles. The number of aromatic nitrogens is 1. The Labute approximate surface area is 121 Å². The molecular weight excluding hydrogens is 280 g/mol. The van der Waals surface area contributed by atoms with Crippen LogP contribution in [0, 0.1) is 6.92 Å². The van der Waals surface area contributed by atoms with Crippen LogP contribution in [0.15, 0.2) is 5.38 Å². The Hall–Kier alpha value is -1.47. The molecule has 2 heterocycles. The minimum atomic E-state index is -1.09. The molecule has 0 radical (unpaired) electrons. The first-order valence-corrected chi connectivity index (χ1v) is 7.18. The molecule has 0 spiro atoms. The van der Waals surface area contributed by atoms with Crippen molar-refractivity contribution in [3.63, 3.8) is 0 Å². The Morgan fingerprint density at radius 1 is 1.55 bits per heavy atom. The van der Waals surface area contributed by atoms with Gasteiger partial charge in [-0.25, -0.2) is 9.78 Å². The Kier molecular flexibility index (Phi) is 3.84. The number of carboxylic acids is 1. The maximum Gasteiger partial charge on any atom is 0.335 e. The Morgan fingerprint density at radius 3 is 2.65 bits per heavy atom. The Bertz CT molecular complexity index is 535. The summed E-state index contributed by atoms with van der Waals surface area (Å²) in [6, 6.07) is -0.696. The third-order valence-electron chi connectivity index (χ3n) is 3.13. The first kappa shape index (κ1) is 14.9. The van der Waals surface area contributed by atoms with Gasteiger partial charge in [0.15, 0.2) is 6.10 Å².